The Morgan fingerprint density at radius 3 is 2.79 bits per heavy atom. The molecule has 28 heavy (non-hydrogen) atoms. The van der Waals surface area contributed by atoms with E-state index in [0.29, 0.717) is 30.4 Å². The van der Waals surface area contributed by atoms with Crippen molar-refractivity contribution in [3.05, 3.63) is 34.9 Å². The Balaban J connectivity index is 1.41. The number of aromatic nitrogens is 2. The Morgan fingerprint density at radius 1 is 1.25 bits per heavy atom. The Morgan fingerprint density at radius 2 is 2.07 bits per heavy atom. The summed E-state index contributed by atoms with van der Waals surface area (Å²) in [5, 5.41) is 9.59. The van der Waals surface area contributed by atoms with Crippen molar-refractivity contribution in [2.75, 3.05) is 44.3 Å². The van der Waals surface area contributed by atoms with E-state index in [4.69, 9.17) is 9.84 Å². The van der Waals surface area contributed by atoms with E-state index in [0.717, 1.165) is 38.2 Å². The van der Waals surface area contributed by atoms with Crippen molar-refractivity contribution in [3.8, 4) is 0 Å². The van der Waals surface area contributed by atoms with Crippen LogP contribution < -0.4 is 10.5 Å². The average molecular weight is 386 g/mol. The van der Waals surface area contributed by atoms with Crippen LogP contribution >= 0.6 is 0 Å². The third-order valence-electron chi connectivity index (χ3n) is 5.57. The van der Waals surface area contributed by atoms with Gasteiger partial charge in [0.1, 0.15) is 0 Å². The molecule has 1 unspecified atom stereocenters. The Kier molecular flexibility index (Phi) is 5.59. The highest BCUT2D eigenvalue weighted by Crippen LogP contribution is 2.22. The molecular weight excluding hydrogens is 360 g/mol. The van der Waals surface area contributed by atoms with Gasteiger partial charge in [-0.3, -0.25) is 14.2 Å². The second-order valence-electron chi connectivity index (χ2n) is 7.38. The fourth-order valence-corrected chi connectivity index (χ4v) is 3.95. The zero-order valence-electron chi connectivity index (χ0n) is 15.9. The summed E-state index contributed by atoms with van der Waals surface area (Å²) in [6.07, 6.45) is 4.08. The minimum absolute atomic E-state index is 0.0898. The highest BCUT2D eigenvalue weighted by Gasteiger charge is 2.25. The highest BCUT2D eigenvalue weighted by molar-refractivity contribution is 5.81. The summed E-state index contributed by atoms with van der Waals surface area (Å²) in [4.78, 5) is 33.4. The molecule has 8 nitrogen and oxygen atoms in total. The van der Waals surface area contributed by atoms with Gasteiger partial charge in [0.05, 0.1) is 42.9 Å². The molecule has 0 bridgehead atoms. The number of carbonyl (C=O) groups excluding carboxylic acids is 1. The number of nitrogens with zero attached hydrogens (tertiary/aromatic N) is 4. The number of amides is 1. The van der Waals surface area contributed by atoms with Crippen molar-refractivity contribution in [2.45, 2.75) is 31.9 Å². The first-order valence-corrected chi connectivity index (χ1v) is 9.90. The number of fused-ring (bicyclic) bond motifs is 1. The summed E-state index contributed by atoms with van der Waals surface area (Å²) in [6.45, 7) is 3.80. The van der Waals surface area contributed by atoms with Crippen LogP contribution in [-0.4, -0.2) is 71.0 Å². The maximum Gasteiger partial charge on any atom is 0.261 e. The van der Waals surface area contributed by atoms with Crippen LogP contribution in [0, 0.1) is 0 Å². The van der Waals surface area contributed by atoms with E-state index >= 15 is 0 Å². The highest BCUT2D eigenvalue weighted by atomic mass is 16.5. The van der Waals surface area contributed by atoms with Gasteiger partial charge in [-0.05, 0) is 31.0 Å². The van der Waals surface area contributed by atoms with E-state index in [2.05, 4.69) is 9.88 Å². The average Bonchev–Trinajstić information content (AvgIpc) is 3.23. The first-order chi connectivity index (χ1) is 13.7. The molecule has 0 radical (unpaired) electrons. The first kappa shape index (κ1) is 18.9. The molecule has 2 fully saturated rings. The van der Waals surface area contributed by atoms with Crippen LogP contribution in [0.2, 0.25) is 0 Å². The molecule has 4 rings (SSSR count). The minimum Gasteiger partial charge on any atom is -0.395 e. The molecule has 1 N–H and O–H groups in total. The number of hydrogen-bond acceptors (Lipinski definition) is 6. The molecule has 1 amide bonds. The van der Waals surface area contributed by atoms with Gasteiger partial charge in [0.15, 0.2) is 0 Å². The molecule has 150 valence electrons. The van der Waals surface area contributed by atoms with Crippen LogP contribution in [-0.2, 0) is 16.1 Å². The number of benzene rings is 1. The van der Waals surface area contributed by atoms with Gasteiger partial charge in [-0.2, -0.15) is 0 Å². The van der Waals surface area contributed by atoms with Crippen molar-refractivity contribution < 1.29 is 14.6 Å². The SMILES string of the molecule is O=C(CC1CCCO1)N1CCN(c2ccc3c(=O)n(CCO)cnc3c2)CC1. The molecule has 1 aromatic carbocycles. The van der Waals surface area contributed by atoms with Crippen molar-refractivity contribution in [1.82, 2.24) is 14.5 Å². The topological polar surface area (TPSA) is 87.9 Å². The zero-order valence-corrected chi connectivity index (χ0v) is 15.9. The molecule has 2 aliphatic rings. The standard InChI is InChI=1S/C20H26N4O4/c25-10-9-24-14-21-18-12-15(3-4-17(18)20(24)27)22-5-7-23(8-6-22)19(26)13-16-2-1-11-28-16/h3-4,12,14,16,25H,1-2,5-11,13H2. The molecule has 0 aliphatic carbocycles. The van der Waals surface area contributed by atoms with Gasteiger partial charge in [0.2, 0.25) is 5.91 Å². The van der Waals surface area contributed by atoms with Crippen LogP contribution in [0.15, 0.2) is 29.3 Å². The lowest BCUT2D eigenvalue weighted by atomic mass is 10.1. The summed E-state index contributed by atoms with van der Waals surface area (Å²) < 4.78 is 6.99. The first-order valence-electron chi connectivity index (χ1n) is 9.90. The number of ether oxygens (including phenoxy) is 1. The molecule has 0 saturated carbocycles. The van der Waals surface area contributed by atoms with Crippen molar-refractivity contribution in [3.63, 3.8) is 0 Å². The zero-order chi connectivity index (χ0) is 19.5. The lowest BCUT2D eigenvalue weighted by Crippen LogP contribution is -2.49. The van der Waals surface area contributed by atoms with Crippen molar-refractivity contribution in [2.24, 2.45) is 0 Å². The van der Waals surface area contributed by atoms with Crippen LogP contribution in [0.3, 0.4) is 0 Å². The van der Waals surface area contributed by atoms with Gasteiger partial charge in [-0.15, -0.1) is 0 Å². The van der Waals surface area contributed by atoms with Crippen LogP contribution in [0.4, 0.5) is 5.69 Å². The largest absolute Gasteiger partial charge is 0.395 e. The van der Waals surface area contributed by atoms with Crippen molar-refractivity contribution in [1.29, 1.82) is 0 Å². The van der Waals surface area contributed by atoms with Crippen molar-refractivity contribution >= 4 is 22.5 Å². The summed E-state index contributed by atoms with van der Waals surface area (Å²) in [5.41, 5.74) is 1.51. The lowest BCUT2D eigenvalue weighted by molar-refractivity contribution is -0.133. The Labute approximate surface area is 163 Å². The number of carbonyl (C=O) groups is 1. The number of anilines is 1. The number of piperazine rings is 1. The number of aliphatic hydroxyl groups excluding tert-OH is 1. The van der Waals surface area contributed by atoms with E-state index in [1.165, 1.54) is 10.9 Å². The molecule has 1 aromatic heterocycles. The predicted molar refractivity (Wildman–Crippen MR) is 105 cm³/mol. The third kappa shape index (κ3) is 3.88. The number of aliphatic hydroxyl groups is 1. The molecule has 2 aromatic rings. The van der Waals surface area contributed by atoms with Gasteiger partial charge in [0.25, 0.3) is 5.56 Å². The second kappa shape index (κ2) is 8.28. The Hall–Kier alpha value is -2.45. The smallest absolute Gasteiger partial charge is 0.261 e. The summed E-state index contributed by atoms with van der Waals surface area (Å²) in [6, 6.07) is 5.64. The molecule has 1 atom stereocenters. The molecule has 0 spiro atoms. The van der Waals surface area contributed by atoms with Crippen LogP contribution in [0.5, 0.6) is 0 Å². The maximum atomic E-state index is 12.5. The lowest BCUT2D eigenvalue weighted by Gasteiger charge is -2.36. The van der Waals surface area contributed by atoms with Gasteiger partial charge in [0, 0.05) is 38.5 Å². The Bertz CT molecular complexity index is 899. The molecule has 8 heteroatoms. The van der Waals surface area contributed by atoms with E-state index in [1.807, 2.05) is 17.0 Å². The van der Waals surface area contributed by atoms with E-state index in [9.17, 15) is 9.59 Å². The van der Waals surface area contributed by atoms with E-state index < -0.39 is 0 Å². The number of hydrogen-bond donors (Lipinski definition) is 1. The quantitative estimate of drug-likeness (QED) is 0.810. The maximum absolute atomic E-state index is 12.5. The van der Waals surface area contributed by atoms with Gasteiger partial charge >= 0.3 is 0 Å². The summed E-state index contributed by atoms with van der Waals surface area (Å²) in [5.74, 6) is 0.177. The molecular formula is C20H26N4O4. The van der Waals surface area contributed by atoms with Gasteiger partial charge < -0.3 is 19.6 Å². The monoisotopic (exact) mass is 386 g/mol. The fourth-order valence-electron chi connectivity index (χ4n) is 3.95. The summed E-state index contributed by atoms with van der Waals surface area (Å²) >= 11 is 0. The predicted octanol–water partition coefficient (Wildman–Crippen LogP) is 0.607. The fraction of sp³-hybridized carbons (Fsp3) is 0.550. The second-order valence-corrected chi connectivity index (χ2v) is 7.38. The third-order valence-corrected chi connectivity index (χ3v) is 5.57. The normalized spacial score (nSPS) is 20.1. The summed E-state index contributed by atoms with van der Waals surface area (Å²) in [7, 11) is 0. The molecule has 3 heterocycles. The molecule has 2 aliphatic heterocycles. The van der Waals surface area contributed by atoms with Crippen LogP contribution in [0.1, 0.15) is 19.3 Å². The van der Waals surface area contributed by atoms with E-state index in [-0.39, 0.29) is 30.7 Å². The minimum atomic E-state index is -0.143. The van der Waals surface area contributed by atoms with Gasteiger partial charge in [-0.1, -0.05) is 0 Å². The van der Waals surface area contributed by atoms with Crippen LogP contribution in [0.25, 0.3) is 10.9 Å². The van der Waals surface area contributed by atoms with Gasteiger partial charge in [-0.25, -0.2) is 4.98 Å². The number of rotatable bonds is 5. The molecule has 2 saturated heterocycles. The van der Waals surface area contributed by atoms with E-state index in [1.54, 1.807) is 6.07 Å².